The molecule has 2 N–H and O–H groups in total. The number of carbonyl (C=O) groups excluding carboxylic acids is 2. The van der Waals surface area contributed by atoms with Gasteiger partial charge in [0.25, 0.3) is 5.91 Å². The van der Waals surface area contributed by atoms with Crippen LogP contribution in [0.4, 0.5) is 4.39 Å². The SMILES string of the molecule is CCC(C)c1cc(C(=O)N2CC[C@@H](NC(=O)[C@@H]3C[C@@H]3F)C2)n[nH]1. The normalized spacial score (nSPS) is 27.8. The lowest BCUT2D eigenvalue weighted by molar-refractivity contribution is -0.123. The van der Waals surface area contributed by atoms with Gasteiger partial charge in [-0.25, -0.2) is 4.39 Å². The molecular weight excluding hydrogens is 299 g/mol. The van der Waals surface area contributed by atoms with E-state index in [2.05, 4.69) is 29.4 Å². The summed E-state index contributed by atoms with van der Waals surface area (Å²) >= 11 is 0. The zero-order valence-electron chi connectivity index (χ0n) is 13.5. The lowest BCUT2D eigenvalue weighted by Gasteiger charge is -2.16. The zero-order valence-corrected chi connectivity index (χ0v) is 13.5. The highest BCUT2D eigenvalue weighted by molar-refractivity contribution is 5.92. The molecule has 0 bridgehead atoms. The molecule has 2 amide bonds. The van der Waals surface area contributed by atoms with Gasteiger partial charge >= 0.3 is 0 Å². The van der Waals surface area contributed by atoms with Gasteiger partial charge in [-0.1, -0.05) is 13.8 Å². The van der Waals surface area contributed by atoms with Crippen LogP contribution in [0.15, 0.2) is 6.07 Å². The molecule has 1 unspecified atom stereocenters. The topological polar surface area (TPSA) is 78.1 Å². The first-order chi connectivity index (χ1) is 11.0. The number of alkyl halides is 1. The molecule has 4 atom stereocenters. The van der Waals surface area contributed by atoms with Gasteiger partial charge in [-0.3, -0.25) is 14.7 Å². The monoisotopic (exact) mass is 322 g/mol. The summed E-state index contributed by atoms with van der Waals surface area (Å²) in [5.41, 5.74) is 1.38. The van der Waals surface area contributed by atoms with Gasteiger partial charge in [0.05, 0.1) is 5.92 Å². The fourth-order valence-corrected chi connectivity index (χ4v) is 2.89. The van der Waals surface area contributed by atoms with E-state index in [4.69, 9.17) is 0 Å². The number of nitrogens with one attached hydrogen (secondary N) is 2. The zero-order chi connectivity index (χ0) is 16.6. The maximum absolute atomic E-state index is 12.9. The largest absolute Gasteiger partial charge is 0.351 e. The van der Waals surface area contributed by atoms with E-state index in [1.807, 2.05) is 0 Å². The predicted octanol–water partition coefficient (Wildman–Crippen LogP) is 1.61. The quantitative estimate of drug-likeness (QED) is 0.864. The Morgan fingerprint density at radius 2 is 2.30 bits per heavy atom. The van der Waals surface area contributed by atoms with Crippen molar-refractivity contribution in [3.63, 3.8) is 0 Å². The molecule has 0 radical (unpaired) electrons. The third kappa shape index (κ3) is 3.38. The van der Waals surface area contributed by atoms with E-state index in [1.165, 1.54) is 0 Å². The van der Waals surface area contributed by atoms with Crippen LogP contribution in [0.2, 0.25) is 0 Å². The summed E-state index contributed by atoms with van der Waals surface area (Å²) in [4.78, 5) is 25.9. The van der Waals surface area contributed by atoms with Crippen molar-refractivity contribution in [1.29, 1.82) is 0 Å². The first-order valence-electron chi connectivity index (χ1n) is 8.28. The molecule has 126 valence electrons. The van der Waals surface area contributed by atoms with Gasteiger partial charge in [0.15, 0.2) is 0 Å². The number of hydrogen-bond acceptors (Lipinski definition) is 3. The van der Waals surface area contributed by atoms with Crippen molar-refractivity contribution in [3.8, 4) is 0 Å². The molecular formula is C16H23FN4O2. The summed E-state index contributed by atoms with van der Waals surface area (Å²) in [5, 5.41) is 9.87. The molecule has 1 aromatic heterocycles. The first-order valence-corrected chi connectivity index (χ1v) is 8.28. The summed E-state index contributed by atoms with van der Waals surface area (Å²) in [7, 11) is 0. The van der Waals surface area contributed by atoms with E-state index in [9.17, 15) is 14.0 Å². The summed E-state index contributed by atoms with van der Waals surface area (Å²) in [6.07, 6.45) is 1.01. The number of aromatic nitrogens is 2. The molecule has 1 saturated carbocycles. The average molecular weight is 322 g/mol. The molecule has 3 rings (SSSR count). The Bertz CT molecular complexity index is 603. The summed E-state index contributed by atoms with van der Waals surface area (Å²) < 4.78 is 12.9. The van der Waals surface area contributed by atoms with Crippen molar-refractivity contribution in [2.75, 3.05) is 13.1 Å². The maximum Gasteiger partial charge on any atom is 0.274 e. The van der Waals surface area contributed by atoms with Gasteiger partial charge in [0.1, 0.15) is 11.9 Å². The summed E-state index contributed by atoms with van der Waals surface area (Å²) in [6, 6.07) is 1.72. The lowest BCUT2D eigenvalue weighted by atomic mass is 10.1. The highest BCUT2D eigenvalue weighted by atomic mass is 19.1. The molecule has 2 aliphatic rings. The summed E-state index contributed by atoms with van der Waals surface area (Å²) in [6.45, 7) is 5.21. The highest BCUT2D eigenvalue weighted by Crippen LogP contribution is 2.34. The van der Waals surface area contributed by atoms with Gasteiger partial charge in [-0.2, -0.15) is 5.10 Å². The smallest absolute Gasteiger partial charge is 0.274 e. The van der Waals surface area contributed by atoms with Crippen molar-refractivity contribution in [1.82, 2.24) is 20.4 Å². The van der Waals surface area contributed by atoms with Gasteiger partial charge in [-0.15, -0.1) is 0 Å². The van der Waals surface area contributed by atoms with E-state index < -0.39 is 12.1 Å². The van der Waals surface area contributed by atoms with Crippen LogP contribution < -0.4 is 5.32 Å². The standard InChI is InChI=1S/C16H23FN4O2/c1-3-9(2)13-7-14(20-19-13)16(23)21-5-4-10(8-21)18-15(22)11-6-12(11)17/h7,9-12H,3-6,8H2,1-2H3,(H,18,22)(H,19,20)/t9?,10-,11-,12+/m1/s1. The molecule has 7 heteroatoms. The first kappa shape index (κ1) is 16.0. The number of amides is 2. The number of hydrogen-bond donors (Lipinski definition) is 2. The van der Waals surface area contributed by atoms with Gasteiger partial charge < -0.3 is 10.2 Å². The molecule has 0 spiro atoms. The second-order valence-corrected chi connectivity index (χ2v) is 6.62. The number of aromatic amines is 1. The van der Waals surface area contributed by atoms with Crippen molar-refractivity contribution >= 4 is 11.8 Å². The van der Waals surface area contributed by atoms with Crippen molar-refractivity contribution in [2.24, 2.45) is 5.92 Å². The molecule has 2 heterocycles. The Labute approximate surface area is 134 Å². The molecule has 1 aliphatic carbocycles. The Kier molecular flexibility index (Phi) is 4.37. The number of nitrogens with zero attached hydrogens (tertiary/aromatic N) is 2. The van der Waals surface area contributed by atoms with E-state index in [1.54, 1.807) is 11.0 Å². The Hall–Kier alpha value is -1.92. The second kappa shape index (κ2) is 6.29. The maximum atomic E-state index is 12.9. The summed E-state index contributed by atoms with van der Waals surface area (Å²) in [5.74, 6) is -0.496. The van der Waals surface area contributed by atoms with Gasteiger partial charge in [-0.05, 0) is 31.2 Å². The molecule has 0 aromatic carbocycles. The number of rotatable bonds is 5. The fourth-order valence-electron chi connectivity index (χ4n) is 2.89. The second-order valence-electron chi connectivity index (χ2n) is 6.62. The van der Waals surface area contributed by atoms with Crippen LogP contribution in [0.3, 0.4) is 0 Å². The molecule has 1 aliphatic heterocycles. The van der Waals surface area contributed by atoms with Crippen molar-refractivity contribution in [3.05, 3.63) is 17.5 Å². The highest BCUT2D eigenvalue weighted by Gasteiger charge is 2.44. The minimum absolute atomic E-state index is 0.0905. The lowest BCUT2D eigenvalue weighted by Crippen LogP contribution is -2.39. The Morgan fingerprint density at radius 3 is 2.96 bits per heavy atom. The third-order valence-electron chi connectivity index (χ3n) is 4.83. The van der Waals surface area contributed by atoms with Crippen LogP contribution in [-0.4, -0.2) is 52.2 Å². The van der Waals surface area contributed by atoms with Gasteiger partial charge in [0, 0.05) is 24.8 Å². The van der Waals surface area contributed by atoms with Crippen molar-refractivity contribution in [2.45, 2.75) is 51.2 Å². The minimum atomic E-state index is -0.989. The van der Waals surface area contributed by atoms with E-state index in [0.29, 0.717) is 37.5 Å². The molecule has 23 heavy (non-hydrogen) atoms. The Morgan fingerprint density at radius 1 is 1.57 bits per heavy atom. The van der Waals surface area contributed by atoms with Crippen LogP contribution in [0.25, 0.3) is 0 Å². The third-order valence-corrected chi connectivity index (χ3v) is 4.83. The number of H-pyrrole nitrogens is 1. The van der Waals surface area contributed by atoms with Crippen molar-refractivity contribution < 1.29 is 14.0 Å². The Balaban J connectivity index is 1.54. The van der Waals surface area contributed by atoms with Crippen LogP contribution >= 0.6 is 0 Å². The molecule has 1 aromatic rings. The van der Waals surface area contributed by atoms with E-state index >= 15 is 0 Å². The molecule has 6 nitrogen and oxygen atoms in total. The average Bonchev–Trinajstić information content (AvgIpc) is 2.98. The number of halogens is 1. The molecule has 1 saturated heterocycles. The van der Waals surface area contributed by atoms with Crippen LogP contribution in [0.5, 0.6) is 0 Å². The van der Waals surface area contributed by atoms with Crippen LogP contribution in [0.1, 0.15) is 55.2 Å². The van der Waals surface area contributed by atoms with E-state index in [-0.39, 0.29) is 17.9 Å². The van der Waals surface area contributed by atoms with E-state index in [0.717, 1.165) is 12.1 Å². The van der Waals surface area contributed by atoms with Gasteiger partial charge in [0.2, 0.25) is 5.91 Å². The minimum Gasteiger partial charge on any atom is -0.351 e. The fraction of sp³-hybridized carbons (Fsp3) is 0.688. The predicted molar refractivity (Wildman–Crippen MR) is 82.7 cm³/mol. The van der Waals surface area contributed by atoms with Crippen LogP contribution in [0, 0.1) is 5.92 Å². The van der Waals surface area contributed by atoms with Crippen LogP contribution in [-0.2, 0) is 4.79 Å². The molecule has 2 fully saturated rings. The number of likely N-dealkylation sites (tertiary alicyclic amines) is 1. The number of carbonyl (C=O) groups is 2.